The van der Waals surface area contributed by atoms with Crippen molar-refractivity contribution in [1.82, 2.24) is 14.9 Å². The van der Waals surface area contributed by atoms with E-state index in [4.69, 9.17) is 10.5 Å². The zero-order valence-electron chi connectivity index (χ0n) is 21.5. The number of thiol groups is 1. The molecular formula is C24H25F3N6O6S2. The first-order valence-corrected chi connectivity index (χ1v) is 14.4. The van der Waals surface area contributed by atoms with E-state index in [1.807, 2.05) is 4.90 Å². The number of methoxy groups -OCH3 is 1. The maximum atomic E-state index is 13.6. The SMILES string of the molecule is COC(=O)[C@@H](Cc1cc2ccnc(N)c2cc1OC(F)(F)F)N1CC[C@H](N(c2cnc(N3CCC3)s2)[SH](=O)=O)C1=O. The number of anilines is 3. The number of fused-ring (bicyclic) bond motifs is 1. The Hall–Kier alpha value is -3.86. The number of alkyl halides is 3. The van der Waals surface area contributed by atoms with Gasteiger partial charge in [0.05, 0.1) is 13.3 Å². The van der Waals surface area contributed by atoms with E-state index in [2.05, 4.69) is 14.7 Å². The predicted molar refractivity (Wildman–Crippen MR) is 144 cm³/mol. The molecule has 0 unspecified atom stereocenters. The molecule has 1 amide bonds. The number of nitrogen functional groups attached to an aromatic ring is 1. The van der Waals surface area contributed by atoms with Gasteiger partial charge in [-0.1, -0.05) is 11.3 Å². The first-order valence-electron chi connectivity index (χ1n) is 12.4. The minimum absolute atomic E-state index is 0.0182. The number of carbonyl (C=O) groups excluding carboxylic acids is 2. The molecule has 2 aliphatic rings. The second kappa shape index (κ2) is 11.2. The highest BCUT2D eigenvalue weighted by molar-refractivity contribution is 7.74. The topological polar surface area (TPSA) is 148 Å². The molecule has 3 aromatic rings. The molecule has 2 atom stereocenters. The number of rotatable bonds is 9. The van der Waals surface area contributed by atoms with Crippen molar-refractivity contribution < 1.29 is 40.7 Å². The van der Waals surface area contributed by atoms with E-state index in [9.17, 15) is 31.2 Å². The number of amides is 1. The molecule has 0 spiro atoms. The van der Waals surface area contributed by atoms with Crippen LogP contribution in [0.5, 0.6) is 5.75 Å². The molecule has 41 heavy (non-hydrogen) atoms. The van der Waals surface area contributed by atoms with Crippen LogP contribution in [0.4, 0.5) is 29.1 Å². The van der Waals surface area contributed by atoms with Crippen LogP contribution >= 0.6 is 11.3 Å². The number of thiazole rings is 1. The zero-order valence-corrected chi connectivity index (χ0v) is 23.2. The molecule has 220 valence electrons. The molecule has 1 aromatic carbocycles. The van der Waals surface area contributed by atoms with Crippen LogP contribution in [-0.2, 0) is 31.6 Å². The van der Waals surface area contributed by atoms with E-state index in [0.717, 1.165) is 53.2 Å². The molecule has 0 bridgehead atoms. The number of ether oxygens (including phenoxy) is 2. The number of aromatic nitrogens is 2. The molecule has 2 fully saturated rings. The third-order valence-electron chi connectivity index (χ3n) is 6.98. The number of hydrogen-bond donors (Lipinski definition) is 2. The third kappa shape index (κ3) is 5.81. The summed E-state index contributed by atoms with van der Waals surface area (Å²) in [6.45, 7) is 1.55. The zero-order chi connectivity index (χ0) is 29.5. The maximum absolute atomic E-state index is 13.6. The van der Waals surface area contributed by atoms with Crippen LogP contribution in [-0.4, -0.2) is 80.4 Å². The van der Waals surface area contributed by atoms with Gasteiger partial charge in [0.1, 0.15) is 28.7 Å². The van der Waals surface area contributed by atoms with Crippen LogP contribution in [0.15, 0.2) is 30.6 Å². The van der Waals surface area contributed by atoms with Crippen molar-refractivity contribution in [2.75, 3.05) is 41.7 Å². The van der Waals surface area contributed by atoms with Crippen molar-refractivity contribution in [3.05, 3.63) is 36.2 Å². The summed E-state index contributed by atoms with van der Waals surface area (Å²) in [5.74, 6) is -2.21. The standard InChI is InChI=1S/C24H25F3N6O6S2/c1-38-22(35)17(10-14-9-13-3-5-29-20(28)15(13)11-18(14)39-24(25,26)27)32-8-4-16(21(32)34)33(41(36)37)19-12-30-23(40-19)31-6-2-7-31/h3,5,9,11-12,16-17,41H,2,4,6-8,10H2,1H3,(H2,28,29)/t16-,17+/m0/s1. The lowest BCUT2D eigenvalue weighted by Gasteiger charge is -2.30. The molecule has 4 heterocycles. The van der Waals surface area contributed by atoms with Crippen LogP contribution < -0.4 is 19.7 Å². The van der Waals surface area contributed by atoms with Gasteiger partial charge in [-0.15, -0.1) is 13.2 Å². The Kier molecular flexibility index (Phi) is 7.83. The Morgan fingerprint density at radius 1 is 1.27 bits per heavy atom. The minimum Gasteiger partial charge on any atom is -0.467 e. The second-order valence-electron chi connectivity index (χ2n) is 9.41. The largest absolute Gasteiger partial charge is 0.573 e. The van der Waals surface area contributed by atoms with Gasteiger partial charge in [0.15, 0.2) is 5.13 Å². The molecule has 17 heteroatoms. The summed E-state index contributed by atoms with van der Waals surface area (Å²) < 4.78 is 74.6. The van der Waals surface area contributed by atoms with Crippen LogP contribution in [0.25, 0.3) is 10.8 Å². The summed E-state index contributed by atoms with van der Waals surface area (Å²) in [7, 11) is -2.17. The normalized spacial score (nSPS) is 18.1. The molecule has 2 aliphatic heterocycles. The van der Waals surface area contributed by atoms with Gasteiger partial charge in [0, 0.05) is 37.6 Å². The van der Waals surface area contributed by atoms with E-state index in [1.165, 1.54) is 24.5 Å². The summed E-state index contributed by atoms with van der Waals surface area (Å²) in [5, 5.41) is 1.53. The highest BCUT2D eigenvalue weighted by Crippen LogP contribution is 2.37. The monoisotopic (exact) mass is 614 g/mol. The molecular weight excluding hydrogens is 589 g/mol. The Morgan fingerprint density at radius 3 is 2.66 bits per heavy atom. The average Bonchev–Trinajstić information content (AvgIpc) is 3.48. The van der Waals surface area contributed by atoms with E-state index < -0.39 is 53.4 Å². The lowest BCUT2D eigenvalue weighted by Crippen LogP contribution is -2.48. The van der Waals surface area contributed by atoms with E-state index in [-0.39, 0.29) is 34.7 Å². The van der Waals surface area contributed by atoms with Gasteiger partial charge >= 0.3 is 12.3 Å². The molecule has 5 rings (SSSR count). The molecule has 0 radical (unpaired) electrons. The van der Waals surface area contributed by atoms with Crippen molar-refractivity contribution in [1.29, 1.82) is 0 Å². The van der Waals surface area contributed by atoms with Gasteiger partial charge in [-0.25, -0.2) is 27.5 Å². The fourth-order valence-corrected chi connectivity index (χ4v) is 6.81. The first-order chi connectivity index (χ1) is 19.5. The lowest BCUT2D eigenvalue weighted by molar-refractivity contribution is -0.274. The number of nitrogens with two attached hydrogens (primary N) is 1. The number of likely N-dealkylation sites (tertiary alicyclic amines) is 1. The Labute approximate surface area is 237 Å². The van der Waals surface area contributed by atoms with Crippen LogP contribution in [0.2, 0.25) is 0 Å². The number of carbonyl (C=O) groups is 2. The van der Waals surface area contributed by atoms with E-state index >= 15 is 0 Å². The van der Waals surface area contributed by atoms with Crippen molar-refractivity contribution in [3.8, 4) is 5.75 Å². The van der Waals surface area contributed by atoms with Gasteiger partial charge in [0.2, 0.25) is 16.8 Å². The summed E-state index contributed by atoms with van der Waals surface area (Å²) >= 11 is 1.13. The summed E-state index contributed by atoms with van der Waals surface area (Å²) in [6.07, 6.45) is -1.66. The Balaban J connectivity index is 1.46. The molecule has 2 saturated heterocycles. The Bertz CT molecular complexity index is 1550. The number of halogens is 3. The van der Waals surface area contributed by atoms with E-state index in [1.54, 1.807) is 0 Å². The van der Waals surface area contributed by atoms with Crippen molar-refractivity contribution in [2.24, 2.45) is 0 Å². The number of esters is 1. The fourth-order valence-electron chi connectivity index (χ4n) is 4.90. The number of benzene rings is 1. The van der Waals surface area contributed by atoms with Gasteiger partial charge in [0.25, 0.3) is 0 Å². The Morgan fingerprint density at radius 2 is 2.02 bits per heavy atom. The summed E-state index contributed by atoms with van der Waals surface area (Å²) in [5.41, 5.74) is 5.80. The molecule has 2 aromatic heterocycles. The van der Waals surface area contributed by atoms with Crippen molar-refractivity contribution in [3.63, 3.8) is 0 Å². The summed E-state index contributed by atoms with van der Waals surface area (Å²) in [4.78, 5) is 37.8. The molecule has 12 nitrogen and oxygen atoms in total. The van der Waals surface area contributed by atoms with Crippen LogP contribution in [0, 0.1) is 0 Å². The second-order valence-corrected chi connectivity index (χ2v) is 11.3. The highest BCUT2D eigenvalue weighted by Gasteiger charge is 2.44. The smallest absolute Gasteiger partial charge is 0.467 e. The van der Waals surface area contributed by atoms with Crippen molar-refractivity contribution in [2.45, 2.75) is 37.7 Å². The predicted octanol–water partition coefficient (Wildman–Crippen LogP) is 2.10. The quantitative estimate of drug-likeness (QED) is 0.271. The van der Waals surface area contributed by atoms with Crippen LogP contribution in [0.3, 0.4) is 0 Å². The number of pyridine rings is 1. The van der Waals surface area contributed by atoms with Gasteiger partial charge < -0.3 is 25.0 Å². The van der Waals surface area contributed by atoms with Gasteiger partial charge in [-0.3, -0.25) is 4.79 Å². The number of hydrogen-bond acceptors (Lipinski definition) is 11. The molecule has 0 saturated carbocycles. The highest BCUT2D eigenvalue weighted by atomic mass is 32.2. The first kappa shape index (κ1) is 28.7. The van der Waals surface area contributed by atoms with Crippen LogP contribution in [0.1, 0.15) is 18.4 Å². The number of nitrogens with zero attached hydrogens (tertiary/aromatic N) is 5. The average molecular weight is 615 g/mol. The van der Waals surface area contributed by atoms with Gasteiger partial charge in [-0.05, 0) is 42.0 Å². The summed E-state index contributed by atoms with van der Waals surface area (Å²) in [6, 6.07) is 1.45. The van der Waals surface area contributed by atoms with Gasteiger partial charge in [-0.2, -0.15) is 0 Å². The maximum Gasteiger partial charge on any atom is 0.573 e. The lowest BCUT2D eigenvalue weighted by atomic mass is 10.00. The third-order valence-corrected chi connectivity index (χ3v) is 9.02. The van der Waals surface area contributed by atoms with E-state index in [0.29, 0.717) is 10.5 Å². The molecule has 2 N–H and O–H groups in total. The fraction of sp³-hybridized carbons (Fsp3) is 0.417. The molecule has 0 aliphatic carbocycles. The minimum atomic E-state index is -5.06. The van der Waals surface area contributed by atoms with Crippen molar-refractivity contribution >= 4 is 60.8 Å².